The first-order valence-electron chi connectivity index (χ1n) is 7.21. The summed E-state index contributed by atoms with van der Waals surface area (Å²) in [5.41, 5.74) is 1.10. The van der Waals surface area contributed by atoms with Gasteiger partial charge in [0.25, 0.3) is 0 Å². The van der Waals surface area contributed by atoms with Crippen LogP contribution in [-0.4, -0.2) is 16.7 Å². The number of fused-ring (bicyclic) bond motifs is 1. The van der Waals surface area contributed by atoms with Crippen LogP contribution in [0.2, 0.25) is 0 Å². The third-order valence-corrected chi connectivity index (χ3v) is 4.56. The lowest BCUT2D eigenvalue weighted by Crippen LogP contribution is -2.28. The molecule has 104 valence electrons. The second-order valence-corrected chi connectivity index (χ2v) is 5.92. The number of hydrogen-bond donors (Lipinski definition) is 1. The van der Waals surface area contributed by atoms with Crippen molar-refractivity contribution in [3.63, 3.8) is 0 Å². The molecular weight excluding hydrogens is 252 g/mol. The van der Waals surface area contributed by atoms with E-state index in [4.69, 9.17) is 0 Å². The van der Waals surface area contributed by atoms with E-state index in [1.165, 1.54) is 0 Å². The van der Waals surface area contributed by atoms with Gasteiger partial charge in [-0.2, -0.15) is 0 Å². The summed E-state index contributed by atoms with van der Waals surface area (Å²) in [5.74, 6) is -0.217. The Morgan fingerprint density at radius 1 is 0.950 bits per heavy atom. The van der Waals surface area contributed by atoms with E-state index in [0.717, 1.165) is 25.7 Å². The SMILES string of the molecule is CC1CCC(C2=C(O)C(=O)c3ccccc3C2=O)CC1. The van der Waals surface area contributed by atoms with Crippen molar-refractivity contribution in [2.45, 2.75) is 32.6 Å². The number of carbonyl (C=O) groups is 2. The molecule has 0 heterocycles. The summed E-state index contributed by atoms with van der Waals surface area (Å²) in [6, 6.07) is 6.75. The lowest BCUT2D eigenvalue weighted by molar-refractivity contribution is 0.0913. The number of ketones is 2. The maximum atomic E-state index is 12.6. The van der Waals surface area contributed by atoms with Crippen LogP contribution >= 0.6 is 0 Å². The molecule has 0 aliphatic heterocycles. The van der Waals surface area contributed by atoms with E-state index in [9.17, 15) is 14.7 Å². The van der Waals surface area contributed by atoms with Crippen LogP contribution < -0.4 is 0 Å². The van der Waals surface area contributed by atoms with Crippen LogP contribution in [0.3, 0.4) is 0 Å². The van der Waals surface area contributed by atoms with Crippen molar-refractivity contribution >= 4 is 11.6 Å². The molecule has 3 nitrogen and oxygen atoms in total. The molecule has 2 aliphatic carbocycles. The molecule has 0 aromatic heterocycles. The number of aliphatic hydroxyl groups is 1. The van der Waals surface area contributed by atoms with Crippen molar-refractivity contribution in [2.75, 3.05) is 0 Å². The molecular formula is C17H18O3. The zero-order valence-electron chi connectivity index (χ0n) is 11.6. The van der Waals surface area contributed by atoms with E-state index in [1.807, 2.05) is 0 Å². The van der Waals surface area contributed by atoms with E-state index in [2.05, 4.69) is 6.92 Å². The van der Waals surface area contributed by atoms with Crippen LogP contribution in [-0.2, 0) is 0 Å². The molecule has 3 heteroatoms. The van der Waals surface area contributed by atoms with Gasteiger partial charge in [0.05, 0.1) is 0 Å². The molecule has 0 radical (unpaired) electrons. The van der Waals surface area contributed by atoms with Crippen molar-refractivity contribution < 1.29 is 14.7 Å². The topological polar surface area (TPSA) is 54.4 Å². The smallest absolute Gasteiger partial charge is 0.228 e. The monoisotopic (exact) mass is 270 g/mol. The highest BCUT2D eigenvalue weighted by atomic mass is 16.3. The minimum absolute atomic E-state index is 0.0241. The minimum Gasteiger partial charge on any atom is -0.504 e. The molecule has 1 fully saturated rings. The number of rotatable bonds is 1. The van der Waals surface area contributed by atoms with Crippen LogP contribution in [0.1, 0.15) is 53.3 Å². The lowest BCUT2D eigenvalue weighted by atomic mass is 9.74. The second kappa shape index (κ2) is 4.89. The molecule has 0 unspecified atom stereocenters. The molecule has 0 amide bonds. The Morgan fingerprint density at radius 3 is 2.10 bits per heavy atom. The molecule has 1 N–H and O–H groups in total. The fourth-order valence-electron chi connectivity index (χ4n) is 3.31. The second-order valence-electron chi connectivity index (χ2n) is 5.92. The van der Waals surface area contributed by atoms with Gasteiger partial charge in [-0.3, -0.25) is 9.59 Å². The van der Waals surface area contributed by atoms with E-state index < -0.39 is 5.78 Å². The van der Waals surface area contributed by atoms with Crippen LogP contribution in [0, 0.1) is 11.8 Å². The Bertz CT molecular complexity index is 604. The highest BCUT2D eigenvalue weighted by Gasteiger charge is 2.36. The fourth-order valence-corrected chi connectivity index (χ4v) is 3.31. The highest BCUT2D eigenvalue weighted by molar-refractivity contribution is 6.26. The molecule has 1 aromatic carbocycles. The maximum absolute atomic E-state index is 12.6. The summed E-state index contributed by atoms with van der Waals surface area (Å²) in [6.07, 6.45) is 3.85. The van der Waals surface area contributed by atoms with Crippen molar-refractivity contribution in [1.29, 1.82) is 0 Å². The first-order valence-corrected chi connectivity index (χ1v) is 7.21. The number of hydrogen-bond acceptors (Lipinski definition) is 3. The van der Waals surface area contributed by atoms with Gasteiger partial charge in [0.15, 0.2) is 11.5 Å². The Kier molecular flexibility index (Phi) is 3.20. The zero-order valence-corrected chi connectivity index (χ0v) is 11.6. The predicted molar refractivity (Wildman–Crippen MR) is 75.9 cm³/mol. The third kappa shape index (κ3) is 1.98. The van der Waals surface area contributed by atoms with E-state index >= 15 is 0 Å². The molecule has 0 spiro atoms. The normalized spacial score (nSPS) is 26.6. The molecule has 20 heavy (non-hydrogen) atoms. The quantitative estimate of drug-likeness (QED) is 0.846. The van der Waals surface area contributed by atoms with Crippen molar-refractivity contribution in [1.82, 2.24) is 0 Å². The summed E-state index contributed by atoms with van der Waals surface area (Å²) < 4.78 is 0. The van der Waals surface area contributed by atoms with Gasteiger partial charge in [0.1, 0.15) is 0 Å². The predicted octanol–water partition coefficient (Wildman–Crippen LogP) is 3.70. The van der Waals surface area contributed by atoms with E-state index in [0.29, 0.717) is 22.6 Å². The van der Waals surface area contributed by atoms with Crippen LogP contribution in [0.5, 0.6) is 0 Å². The highest BCUT2D eigenvalue weighted by Crippen LogP contribution is 2.38. The molecule has 3 rings (SSSR count). The largest absolute Gasteiger partial charge is 0.504 e. The number of allylic oxidation sites excluding steroid dienone is 2. The Labute approximate surface area is 118 Å². The Morgan fingerprint density at radius 2 is 1.50 bits per heavy atom. The number of benzene rings is 1. The number of aliphatic hydroxyl groups excluding tert-OH is 1. The van der Waals surface area contributed by atoms with E-state index in [1.54, 1.807) is 24.3 Å². The third-order valence-electron chi connectivity index (χ3n) is 4.56. The molecule has 2 aliphatic rings. The van der Waals surface area contributed by atoms with Gasteiger partial charge < -0.3 is 5.11 Å². The summed E-state index contributed by atoms with van der Waals surface area (Å²) in [7, 11) is 0. The number of Topliss-reactive ketones (excluding diaryl/α,β-unsaturated/α-hetero) is 2. The van der Waals surface area contributed by atoms with Gasteiger partial charge in [0.2, 0.25) is 5.78 Å². The minimum atomic E-state index is -0.408. The van der Waals surface area contributed by atoms with Crippen LogP contribution in [0.25, 0.3) is 0 Å². The Hall–Kier alpha value is -1.90. The Balaban J connectivity index is 2.01. The number of carbonyl (C=O) groups excluding carboxylic acids is 2. The van der Waals surface area contributed by atoms with Crippen LogP contribution in [0.15, 0.2) is 35.6 Å². The zero-order chi connectivity index (χ0) is 14.3. The van der Waals surface area contributed by atoms with Gasteiger partial charge >= 0.3 is 0 Å². The summed E-state index contributed by atoms with van der Waals surface area (Å²) in [5, 5.41) is 10.2. The van der Waals surface area contributed by atoms with Gasteiger partial charge in [0, 0.05) is 16.7 Å². The van der Waals surface area contributed by atoms with E-state index in [-0.39, 0.29) is 17.5 Å². The lowest BCUT2D eigenvalue weighted by Gasteiger charge is -2.29. The molecule has 0 saturated heterocycles. The van der Waals surface area contributed by atoms with Crippen molar-refractivity contribution in [3.05, 3.63) is 46.7 Å². The fraction of sp³-hybridized carbons (Fsp3) is 0.412. The average Bonchev–Trinajstić information content (AvgIpc) is 2.47. The van der Waals surface area contributed by atoms with Crippen LogP contribution in [0.4, 0.5) is 0 Å². The summed E-state index contributed by atoms with van der Waals surface area (Å²) >= 11 is 0. The average molecular weight is 270 g/mol. The summed E-state index contributed by atoms with van der Waals surface area (Å²) in [6.45, 7) is 2.20. The standard InChI is InChI=1S/C17H18O3/c1-10-6-8-11(9-7-10)14-15(18)12-4-2-3-5-13(12)16(19)17(14)20/h2-5,10-11,20H,6-9H2,1H3. The molecule has 0 atom stereocenters. The molecule has 0 bridgehead atoms. The maximum Gasteiger partial charge on any atom is 0.228 e. The van der Waals surface area contributed by atoms with Crippen molar-refractivity contribution in [3.8, 4) is 0 Å². The van der Waals surface area contributed by atoms with Gasteiger partial charge in [-0.05, 0) is 24.7 Å². The molecule has 1 saturated carbocycles. The van der Waals surface area contributed by atoms with Gasteiger partial charge in [-0.1, -0.05) is 44.0 Å². The molecule has 1 aromatic rings. The first kappa shape index (κ1) is 13.1. The van der Waals surface area contributed by atoms with Gasteiger partial charge in [-0.25, -0.2) is 0 Å². The summed E-state index contributed by atoms with van der Waals surface area (Å²) in [4.78, 5) is 24.8. The first-order chi connectivity index (χ1) is 9.59. The van der Waals surface area contributed by atoms with Gasteiger partial charge in [-0.15, -0.1) is 0 Å². The van der Waals surface area contributed by atoms with Crippen molar-refractivity contribution in [2.24, 2.45) is 11.8 Å².